The van der Waals surface area contributed by atoms with Crippen molar-refractivity contribution >= 4 is 34.4 Å². The van der Waals surface area contributed by atoms with E-state index in [9.17, 15) is 4.79 Å². The lowest BCUT2D eigenvalue weighted by atomic mass is 10.2. The van der Waals surface area contributed by atoms with Gasteiger partial charge in [0.25, 0.3) is 5.91 Å². The summed E-state index contributed by atoms with van der Waals surface area (Å²) in [6.07, 6.45) is 1.72. The zero-order chi connectivity index (χ0) is 22.5. The van der Waals surface area contributed by atoms with Crippen LogP contribution >= 0.6 is 11.3 Å². The van der Waals surface area contributed by atoms with Crippen molar-refractivity contribution in [2.45, 2.75) is 19.9 Å². The van der Waals surface area contributed by atoms with Gasteiger partial charge in [-0.1, -0.05) is 11.3 Å². The number of morpholine rings is 1. The number of pyridine rings is 1. The molecule has 0 saturated carbocycles. The molecular weight excluding hydrogens is 426 g/mol. The number of nitrogens with one attached hydrogen (secondary N) is 2. The number of aromatic nitrogens is 3. The second kappa shape index (κ2) is 9.72. The van der Waals surface area contributed by atoms with Crippen LogP contribution in [0, 0.1) is 11.3 Å². The Balaban J connectivity index is 1.58. The highest BCUT2D eigenvalue weighted by Crippen LogP contribution is 2.33. The standard InChI is InChI=1S/C22H23N7O2S/c1-14(2)25-18-11-19(26-16-5-3-15(12-23)4-6-16)24-13-17(18)20-27-28-21(32-20)22(30)29-7-9-31-10-8-29/h3-6,11,13-14H,7-10H2,1-2H3,(H2,24,25,26). The molecule has 1 fully saturated rings. The van der Waals surface area contributed by atoms with Gasteiger partial charge in [0.1, 0.15) is 5.82 Å². The molecule has 0 aliphatic carbocycles. The molecule has 164 valence electrons. The van der Waals surface area contributed by atoms with Gasteiger partial charge in [0, 0.05) is 42.8 Å². The van der Waals surface area contributed by atoms with Crippen molar-refractivity contribution < 1.29 is 9.53 Å². The van der Waals surface area contributed by atoms with Gasteiger partial charge in [-0.15, -0.1) is 10.2 Å². The summed E-state index contributed by atoms with van der Waals surface area (Å²) in [6, 6.07) is 11.3. The highest BCUT2D eigenvalue weighted by atomic mass is 32.1. The van der Waals surface area contributed by atoms with Gasteiger partial charge in [0.2, 0.25) is 5.01 Å². The van der Waals surface area contributed by atoms with Crippen LogP contribution in [0.15, 0.2) is 36.5 Å². The quantitative estimate of drug-likeness (QED) is 0.587. The van der Waals surface area contributed by atoms with E-state index in [0.717, 1.165) is 16.9 Å². The highest BCUT2D eigenvalue weighted by Gasteiger charge is 2.23. The van der Waals surface area contributed by atoms with Gasteiger partial charge in [0.15, 0.2) is 5.01 Å². The Morgan fingerprint density at radius 3 is 2.66 bits per heavy atom. The van der Waals surface area contributed by atoms with E-state index in [4.69, 9.17) is 10.00 Å². The smallest absolute Gasteiger partial charge is 0.285 e. The van der Waals surface area contributed by atoms with Gasteiger partial charge in [-0.2, -0.15) is 5.26 Å². The van der Waals surface area contributed by atoms with Crippen LogP contribution in [0.5, 0.6) is 0 Å². The molecule has 3 aromatic rings. The summed E-state index contributed by atoms with van der Waals surface area (Å²) in [4.78, 5) is 19.0. The van der Waals surface area contributed by atoms with Crippen molar-refractivity contribution in [1.82, 2.24) is 20.1 Å². The first kappa shape index (κ1) is 21.7. The van der Waals surface area contributed by atoms with Crippen molar-refractivity contribution in [2.75, 3.05) is 36.9 Å². The zero-order valence-corrected chi connectivity index (χ0v) is 18.6. The Morgan fingerprint density at radius 2 is 1.97 bits per heavy atom. The fourth-order valence-corrected chi connectivity index (χ4v) is 4.06. The zero-order valence-electron chi connectivity index (χ0n) is 17.8. The summed E-state index contributed by atoms with van der Waals surface area (Å²) < 4.78 is 5.32. The summed E-state index contributed by atoms with van der Waals surface area (Å²) in [5.41, 5.74) is 3.05. The number of nitriles is 1. The number of hydrogen-bond donors (Lipinski definition) is 2. The summed E-state index contributed by atoms with van der Waals surface area (Å²) in [6.45, 7) is 6.29. The molecule has 1 aliphatic heterocycles. The van der Waals surface area contributed by atoms with E-state index >= 15 is 0 Å². The molecule has 0 atom stereocenters. The Hall–Kier alpha value is -3.55. The number of anilines is 3. The molecule has 4 rings (SSSR count). The van der Waals surface area contributed by atoms with Gasteiger partial charge in [-0.05, 0) is 38.1 Å². The first-order valence-electron chi connectivity index (χ1n) is 10.3. The van der Waals surface area contributed by atoms with E-state index in [2.05, 4.69) is 31.9 Å². The number of hydrogen-bond acceptors (Lipinski definition) is 9. The van der Waals surface area contributed by atoms with E-state index in [1.165, 1.54) is 11.3 Å². The van der Waals surface area contributed by atoms with E-state index in [0.29, 0.717) is 47.7 Å². The van der Waals surface area contributed by atoms with Crippen molar-refractivity contribution in [3.8, 4) is 16.6 Å². The first-order valence-corrected chi connectivity index (χ1v) is 11.1. The van der Waals surface area contributed by atoms with Crippen LogP contribution in [0.2, 0.25) is 0 Å². The number of amides is 1. The van der Waals surface area contributed by atoms with Crippen LogP contribution in [0.3, 0.4) is 0 Å². The number of benzene rings is 1. The molecule has 0 radical (unpaired) electrons. The van der Waals surface area contributed by atoms with Crippen molar-refractivity contribution in [3.05, 3.63) is 47.1 Å². The lowest BCUT2D eigenvalue weighted by Gasteiger charge is -2.25. The fraction of sp³-hybridized carbons (Fsp3) is 0.318. The second-order valence-electron chi connectivity index (χ2n) is 7.55. The lowest BCUT2D eigenvalue weighted by molar-refractivity contribution is 0.0302. The Kier molecular flexibility index (Phi) is 6.58. The minimum atomic E-state index is -0.123. The first-order chi connectivity index (χ1) is 15.5. The molecule has 3 heterocycles. The summed E-state index contributed by atoms with van der Waals surface area (Å²) >= 11 is 1.26. The van der Waals surface area contributed by atoms with Crippen LogP contribution in [-0.4, -0.2) is 58.3 Å². The Bertz CT molecular complexity index is 1130. The summed E-state index contributed by atoms with van der Waals surface area (Å²) in [5, 5.41) is 25.0. The van der Waals surface area contributed by atoms with Gasteiger partial charge < -0.3 is 20.3 Å². The molecule has 0 bridgehead atoms. The molecule has 1 aromatic carbocycles. The Morgan fingerprint density at radius 1 is 1.22 bits per heavy atom. The molecule has 32 heavy (non-hydrogen) atoms. The predicted octanol–water partition coefficient (Wildman–Crippen LogP) is 3.51. The van der Waals surface area contributed by atoms with E-state index < -0.39 is 0 Å². The molecule has 1 amide bonds. The van der Waals surface area contributed by atoms with Crippen LogP contribution in [-0.2, 0) is 4.74 Å². The monoisotopic (exact) mass is 449 g/mol. The Labute approximate surface area is 190 Å². The van der Waals surface area contributed by atoms with Gasteiger partial charge in [-0.3, -0.25) is 4.79 Å². The van der Waals surface area contributed by atoms with E-state index in [1.807, 2.05) is 32.0 Å². The maximum atomic E-state index is 12.7. The van der Waals surface area contributed by atoms with Crippen molar-refractivity contribution in [3.63, 3.8) is 0 Å². The van der Waals surface area contributed by atoms with Crippen molar-refractivity contribution in [1.29, 1.82) is 5.26 Å². The number of rotatable bonds is 6. The van der Waals surface area contributed by atoms with Gasteiger partial charge in [0.05, 0.1) is 30.4 Å². The topological polar surface area (TPSA) is 116 Å². The van der Waals surface area contributed by atoms with Gasteiger partial charge in [-0.25, -0.2) is 4.98 Å². The van der Waals surface area contributed by atoms with Crippen LogP contribution < -0.4 is 10.6 Å². The van der Waals surface area contributed by atoms with Crippen LogP contribution in [0.1, 0.15) is 29.2 Å². The van der Waals surface area contributed by atoms with Crippen LogP contribution in [0.25, 0.3) is 10.6 Å². The molecule has 2 N–H and O–H groups in total. The fourth-order valence-electron chi connectivity index (χ4n) is 3.22. The molecule has 1 aliphatic rings. The average Bonchev–Trinajstić information content (AvgIpc) is 3.29. The molecule has 0 unspecified atom stereocenters. The lowest BCUT2D eigenvalue weighted by Crippen LogP contribution is -2.40. The maximum Gasteiger partial charge on any atom is 0.285 e. The minimum absolute atomic E-state index is 0.123. The predicted molar refractivity (Wildman–Crippen MR) is 123 cm³/mol. The molecule has 2 aromatic heterocycles. The third-order valence-corrected chi connectivity index (χ3v) is 5.72. The molecule has 1 saturated heterocycles. The normalized spacial score (nSPS) is 13.6. The van der Waals surface area contributed by atoms with E-state index in [1.54, 1.807) is 23.2 Å². The molecule has 10 heteroatoms. The number of ether oxygens (including phenoxy) is 1. The number of nitrogens with zero attached hydrogens (tertiary/aromatic N) is 5. The average molecular weight is 450 g/mol. The largest absolute Gasteiger partial charge is 0.382 e. The minimum Gasteiger partial charge on any atom is -0.382 e. The SMILES string of the molecule is CC(C)Nc1cc(Nc2ccc(C#N)cc2)ncc1-c1nnc(C(=O)N2CCOCC2)s1. The maximum absolute atomic E-state index is 12.7. The number of carbonyl (C=O) groups is 1. The molecular formula is C22H23N7O2S. The molecule has 9 nitrogen and oxygen atoms in total. The summed E-state index contributed by atoms with van der Waals surface area (Å²) in [5.74, 6) is 0.526. The third-order valence-electron chi connectivity index (χ3n) is 4.77. The molecule has 0 spiro atoms. The highest BCUT2D eigenvalue weighted by molar-refractivity contribution is 7.16. The van der Waals surface area contributed by atoms with E-state index in [-0.39, 0.29) is 11.9 Å². The summed E-state index contributed by atoms with van der Waals surface area (Å²) in [7, 11) is 0. The van der Waals surface area contributed by atoms with Crippen molar-refractivity contribution in [2.24, 2.45) is 0 Å². The van der Waals surface area contributed by atoms with Crippen LogP contribution in [0.4, 0.5) is 17.2 Å². The second-order valence-corrected chi connectivity index (χ2v) is 8.52. The third kappa shape index (κ3) is 5.01. The van der Waals surface area contributed by atoms with Gasteiger partial charge >= 0.3 is 0 Å². The number of carbonyl (C=O) groups excluding carboxylic acids is 1.